The molecule has 0 aromatic heterocycles. The van der Waals surface area contributed by atoms with E-state index in [1.165, 1.54) is 29.5 Å². The van der Waals surface area contributed by atoms with Crippen LogP contribution in [-0.4, -0.2) is 24.3 Å². The summed E-state index contributed by atoms with van der Waals surface area (Å²) in [7, 11) is 0. The molecule has 27 heavy (non-hydrogen) atoms. The minimum Gasteiger partial charge on any atom is -0.481 e. The van der Waals surface area contributed by atoms with E-state index in [4.69, 9.17) is 16.3 Å². The highest BCUT2D eigenvalue weighted by Crippen LogP contribution is 2.25. The van der Waals surface area contributed by atoms with Gasteiger partial charge in [0.05, 0.1) is 0 Å². The number of rotatable bonds is 8. The minimum atomic E-state index is -0.493. The summed E-state index contributed by atoms with van der Waals surface area (Å²) in [6.07, 6.45) is 4.27. The topological polar surface area (TPSA) is 38.3 Å². The monoisotopic (exact) mass is 403 g/mol. The first kappa shape index (κ1) is 20.1. The highest BCUT2D eigenvalue weighted by atomic mass is 35.5. The van der Waals surface area contributed by atoms with E-state index in [-0.39, 0.29) is 5.91 Å². The third-order valence-corrected chi connectivity index (χ3v) is 6.01. The van der Waals surface area contributed by atoms with Crippen LogP contribution in [0.1, 0.15) is 36.5 Å². The van der Waals surface area contributed by atoms with Gasteiger partial charge in [0.25, 0.3) is 5.91 Å². The van der Waals surface area contributed by atoms with Gasteiger partial charge < -0.3 is 10.1 Å². The fourth-order valence-electron chi connectivity index (χ4n) is 3.20. The Kier molecular flexibility index (Phi) is 7.48. The van der Waals surface area contributed by atoms with Gasteiger partial charge in [-0.25, -0.2) is 0 Å². The number of aryl methyl sites for hydroxylation is 2. The van der Waals surface area contributed by atoms with Gasteiger partial charge in [-0.1, -0.05) is 29.8 Å². The molecule has 5 heteroatoms. The highest BCUT2D eigenvalue weighted by Gasteiger charge is 2.16. The zero-order valence-corrected chi connectivity index (χ0v) is 17.2. The maximum absolute atomic E-state index is 12.2. The van der Waals surface area contributed by atoms with Gasteiger partial charge in [-0.3, -0.25) is 4.79 Å². The molecule has 0 saturated heterocycles. The fourth-order valence-corrected chi connectivity index (χ4v) is 4.15. The van der Waals surface area contributed by atoms with Crippen LogP contribution in [0.4, 0.5) is 0 Å². The summed E-state index contributed by atoms with van der Waals surface area (Å²) in [6.45, 7) is 2.44. The van der Waals surface area contributed by atoms with Crippen LogP contribution < -0.4 is 10.1 Å². The third kappa shape index (κ3) is 6.18. The van der Waals surface area contributed by atoms with E-state index in [0.29, 0.717) is 6.54 Å². The van der Waals surface area contributed by atoms with Gasteiger partial charge in [0.2, 0.25) is 0 Å². The largest absolute Gasteiger partial charge is 0.481 e. The number of nitrogens with one attached hydrogen (secondary N) is 1. The summed E-state index contributed by atoms with van der Waals surface area (Å²) in [5.74, 6) is 2.49. The summed E-state index contributed by atoms with van der Waals surface area (Å²) < 4.78 is 5.85. The lowest BCUT2D eigenvalue weighted by Crippen LogP contribution is -2.37. The lowest BCUT2D eigenvalue weighted by molar-refractivity contribution is -0.127. The molecule has 0 saturated carbocycles. The van der Waals surface area contributed by atoms with E-state index >= 15 is 0 Å². The Morgan fingerprint density at radius 1 is 1.15 bits per heavy atom. The quantitative estimate of drug-likeness (QED) is 0.628. The molecule has 0 spiro atoms. The van der Waals surface area contributed by atoms with Crippen molar-refractivity contribution in [1.82, 2.24) is 5.32 Å². The second-order valence-electron chi connectivity index (χ2n) is 6.87. The van der Waals surface area contributed by atoms with Crippen LogP contribution in [0.25, 0.3) is 0 Å². The van der Waals surface area contributed by atoms with E-state index in [1.54, 1.807) is 18.7 Å². The second kappa shape index (κ2) is 10.0. The Balaban J connectivity index is 1.37. The number of ether oxygens (including phenoxy) is 1. The number of thioether (sulfide) groups is 1. The van der Waals surface area contributed by atoms with E-state index in [0.717, 1.165) is 35.1 Å². The number of fused-ring (bicyclic) bond motifs is 1. The fraction of sp³-hybridized carbons (Fsp3) is 0.409. The van der Waals surface area contributed by atoms with Crippen molar-refractivity contribution in [3.05, 3.63) is 64.2 Å². The van der Waals surface area contributed by atoms with Gasteiger partial charge in [-0.15, -0.1) is 0 Å². The normalized spacial score (nSPS) is 14.3. The second-order valence-corrected chi connectivity index (χ2v) is 8.41. The molecule has 1 amide bonds. The smallest absolute Gasteiger partial charge is 0.260 e. The molecule has 3 nitrogen and oxygen atoms in total. The van der Waals surface area contributed by atoms with Crippen LogP contribution in [0.3, 0.4) is 0 Å². The van der Waals surface area contributed by atoms with Crippen molar-refractivity contribution < 1.29 is 9.53 Å². The van der Waals surface area contributed by atoms with Crippen LogP contribution in [0.15, 0.2) is 42.5 Å². The van der Waals surface area contributed by atoms with Crippen molar-refractivity contribution in [2.75, 3.05) is 12.3 Å². The molecular weight excluding hydrogens is 378 g/mol. The molecular formula is C22H26ClNO2S. The number of hydrogen-bond donors (Lipinski definition) is 1. The number of halogens is 1. The molecule has 0 bridgehead atoms. The van der Waals surface area contributed by atoms with Crippen molar-refractivity contribution >= 4 is 29.3 Å². The van der Waals surface area contributed by atoms with Gasteiger partial charge in [-0.2, -0.15) is 11.8 Å². The average Bonchev–Trinajstić information content (AvgIpc) is 2.69. The van der Waals surface area contributed by atoms with Crippen LogP contribution >= 0.6 is 23.4 Å². The molecule has 0 heterocycles. The summed E-state index contributed by atoms with van der Waals surface area (Å²) >= 11 is 7.67. The molecule has 1 aliphatic rings. The summed E-state index contributed by atoms with van der Waals surface area (Å²) in [4.78, 5) is 12.2. The summed E-state index contributed by atoms with van der Waals surface area (Å²) in [6, 6.07) is 14.1. The Hall–Kier alpha value is -1.65. The van der Waals surface area contributed by atoms with Crippen molar-refractivity contribution in [2.45, 2.75) is 44.5 Å². The molecule has 1 aliphatic carbocycles. The number of carbonyl (C=O) groups is 1. The molecule has 0 fully saturated rings. The maximum Gasteiger partial charge on any atom is 0.260 e. The molecule has 0 radical (unpaired) electrons. The first-order chi connectivity index (χ1) is 13.1. The Morgan fingerprint density at radius 2 is 1.89 bits per heavy atom. The van der Waals surface area contributed by atoms with Crippen LogP contribution in [0.5, 0.6) is 5.75 Å². The van der Waals surface area contributed by atoms with E-state index < -0.39 is 6.10 Å². The number of amides is 1. The van der Waals surface area contributed by atoms with E-state index in [9.17, 15) is 4.79 Å². The molecule has 1 unspecified atom stereocenters. The first-order valence-corrected chi connectivity index (χ1v) is 11.0. The predicted octanol–water partition coefficient (Wildman–Crippen LogP) is 5.04. The number of benzene rings is 2. The lowest BCUT2D eigenvalue weighted by atomic mass is 9.92. The number of hydrogen-bond acceptors (Lipinski definition) is 3. The van der Waals surface area contributed by atoms with Crippen molar-refractivity contribution in [3.8, 4) is 5.75 Å². The molecule has 3 rings (SSSR count). The van der Waals surface area contributed by atoms with Gasteiger partial charge in [0.15, 0.2) is 6.10 Å². The maximum atomic E-state index is 12.2. The van der Waals surface area contributed by atoms with Crippen molar-refractivity contribution in [1.29, 1.82) is 0 Å². The Bertz CT molecular complexity index is 763. The Labute approximate surface area is 170 Å². The lowest BCUT2D eigenvalue weighted by Gasteiger charge is -2.19. The standard InChI is InChI=1S/C22H26ClNO2S/c1-16(26-21-11-8-18-4-2-3-5-19(18)14-21)22(25)24-12-13-27-15-17-6-9-20(23)10-7-17/h6-11,14,16H,2-5,12-13,15H2,1H3,(H,24,25). The zero-order valence-electron chi connectivity index (χ0n) is 15.7. The van der Waals surface area contributed by atoms with Crippen LogP contribution in [0, 0.1) is 0 Å². The van der Waals surface area contributed by atoms with Gasteiger partial charge in [0, 0.05) is 23.1 Å². The van der Waals surface area contributed by atoms with Crippen molar-refractivity contribution in [2.24, 2.45) is 0 Å². The number of carbonyl (C=O) groups excluding carboxylic acids is 1. The van der Waals surface area contributed by atoms with E-state index in [1.807, 2.05) is 30.3 Å². The Morgan fingerprint density at radius 3 is 2.67 bits per heavy atom. The van der Waals surface area contributed by atoms with Gasteiger partial charge in [0.1, 0.15) is 5.75 Å². The zero-order chi connectivity index (χ0) is 19.1. The van der Waals surface area contributed by atoms with Crippen molar-refractivity contribution in [3.63, 3.8) is 0 Å². The molecule has 2 aromatic carbocycles. The predicted molar refractivity (Wildman–Crippen MR) is 114 cm³/mol. The average molecular weight is 404 g/mol. The SMILES string of the molecule is CC(Oc1ccc2c(c1)CCCC2)C(=O)NCCSCc1ccc(Cl)cc1. The first-order valence-electron chi connectivity index (χ1n) is 9.50. The summed E-state index contributed by atoms with van der Waals surface area (Å²) in [5, 5.41) is 3.71. The molecule has 144 valence electrons. The molecule has 1 N–H and O–H groups in total. The highest BCUT2D eigenvalue weighted by molar-refractivity contribution is 7.98. The van der Waals surface area contributed by atoms with Crippen LogP contribution in [0.2, 0.25) is 5.02 Å². The molecule has 1 atom stereocenters. The minimum absolute atomic E-state index is 0.0696. The molecule has 0 aliphatic heterocycles. The van der Waals surface area contributed by atoms with Gasteiger partial charge >= 0.3 is 0 Å². The summed E-state index contributed by atoms with van der Waals surface area (Å²) in [5.41, 5.74) is 4.02. The van der Waals surface area contributed by atoms with Crippen LogP contribution in [-0.2, 0) is 23.4 Å². The molecule has 2 aromatic rings. The third-order valence-electron chi connectivity index (χ3n) is 4.73. The van der Waals surface area contributed by atoms with E-state index in [2.05, 4.69) is 17.4 Å². The van der Waals surface area contributed by atoms with Gasteiger partial charge in [-0.05, 0) is 73.6 Å².